The molecule has 6 aromatic rings. The number of likely N-dealkylation sites (N-methyl/N-ethyl adjacent to an activating group) is 1. The summed E-state index contributed by atoms with van der Waals surface area (Å²) in [4.78, 5) is 73.7. The van der Waals surface area contributed by atoms with Crippen LogP contribution in [-0.2, 0) is 16.1 Å². The molecule has 0 unspecified atom stereocenters. The number of halogens is 1. The number of nitrogens with zero attached hydrogens (tertiary/aromatic N) is 11. The lowest BCUT2D eigenvalue weighted by atomic mass is 9.87. The number of likely N-dealkylation sites (tertiary alicyclic amines) is 1. The van der Waals surface area contributed by atoms with Crippen molar-refractivity contribution >= 4 is 57.2 Å². The molecule has 4 fully saturated rings. The first kappa shape index (κ1) is 52.3. The molecule has 3 amide bonds. The third-order valence-corrected chi connectivity index (χ3v) is 16.2. The molecule has 75 heavy (non-hydrogen) atoms. The summed E-state index contributed by atoms with van der Waals surface area (Å²) in [5.74, 6) is 2.38. The normalized spacial score (nSPS) is 18.8. The second kappa shape index (κ2) is 23.8. The largest absolute Gasteiger partial charge is 0.492 e. The predicted octanol–water partition coefficient (Wildman–Crippen LogP) is 4.81. The third kappa shape index (κ3) is 12.8. The van der Waals surface area contributed by atoms with Crippen molar-refractivity contribution in [2.24, 2.45) is 11.7 Å². The second-order valence-electron chi connectivity index (χ2n) is 21.3. The number of fused-ring (bicyclic) bond motifs is 2. The minimum atomic E-state index is -1.01. The number of para-hydroxylation sites is 1. The van der Waals surface area contributed by atoms with Gasteiger partial charge in [0, 0.05) is 121 Å². The van der Waals surface area contributed by atoms with Crippen LogP contribution >= 0.6 is 11.6 Å². The first-order valence-electron chi connectivity index (χ1n) is 26.9. The van der Waals surface area contributed by atoms with Gasteiger partial charge in [-0.25, -0.2) is 15.0 Å². The maximum absolute atomic E-state index is 14.0. The van der Waals surface area contributed by atoms with Crippen molar-refractivity contribution in [3.8, 4) is 5.75 Å². The van der Waals surface area contributed by atoms with E-state index in [1.165, 1.54) is 0 Å². The van der Waals surface area contributed by atoms with Crippen molar-refractivity contribution in [1.29, 1.82) is 0 Å². The molecule has 1 atom stereocenters. The van der Waals surface area contributed by atoms with E-state index in [0.717, 1.165) is 130 Å². The molecule has 4 aliphatic rings. The van der Waals surface area contributed by atoms with Gasteiger partial charge < -0.3 is 49.8 Å². The Morgan fingerprint density at radius 1 is 0.840 bits per heavy atom. The molecule has 0 aliphatic carbocycles. The third-order valence-electron chi connectivity index (χ3n) is 16.0. The topological polar surface area (TPSA) is 181 Å². The number of hydrogen-bond acceptors (Lipinski definition) is 13. The molecule has 19 heteroatoms. The van der Waals surface area contributed by atoms with Gasteiger partial charge in [0.15, 0.2) is 0 Å². The summed E-state index contributed by atoms with van der Waals surface area (Å²) in [6.07, 6.45) is 8.94. The van der Waals surface area contributed by atoms with Crippen LogP contribution in [0.2, 0.25) is 5.02 Å². The van der Waals surface area contributed by atoms with Gasteiger partial charge in [0.25, 0.3) is 5.91 Å². The van der Waals surface area contributed by atoms with Crippen LogP contribution in [0.15, 0.2) is 91.6 Å². The van der Waals surface area contributed by atoms with Crippen LogP contribution in [0.3, 0.4) is 0 Å². The number of aromatic amines is 1. The first-order valence-corrected chi connectivity index (χ1v) is 27.3. The number of ether oxygens (including phenoxy) is 1. The second-order valence-corrected chi connectivity index (χ2v) is 21.8. The molecule has 4 N–H and O–H groups in total. The summed E-state index contributed by atoms with van der Waals surface area (Å²) in [5.41, 5.74) is 11.2. The lowest BCUT2D eigenvalue weighted by Gasteiger charge is -2.40. The van der Waals surface area contributed by atoms with Crippen molar-refractivity contribution < 1.29 is 19.1 Å². The lowest BCUT2D eigenvalue weighted by Crippen LogP contribution is -2.60. The average Bonchev–Trinajstić information content (AvgIpc) is 4.09. The summed E-state index contributed by atoms with van der Waals surface area (Å²) >= 11 is 6.28. The average molecular weight is 1040 g/mol. The van der Waals surface area contributed by atoms with Gasteiger partial charge in [-0.2, -0.15) is 0 Å². The number of piperidine rings is 2. The number of benzene rings is 3. The van der Waals surface area contributed by atoms with Gasteiger partial charge in [-0.05, 0) is 100 Å². The maximum Gasteiger partial charge on any atom is 0.253 e. The quantitative estimate of drug-likeness (QED) is 0.107. The highest BCUT2D eigenvalue weighted by Gasteiger charge is 2.40. The zero-order valence-corrected chi connectivity index (χ0v) is 44.3. The first-order chi connectivity index (χ1) is 36.4. The molecule has 10 rings (SSSR count). The number of carbonyl (C=O) groups is 3. The van der Waals surface area contributed by atoms with Crippen LogP contribution in [-0.4, -0.2) is 203 Å². The number of aromatic nitrogens is 5. The SMILES string of the molecule is CN(C)CCOc1ccccc1Cn1cnc2ccc(C(=O)N3CCC(CN4CCN(CC(=O)N5CCN(CC[C@H](NC(=O)C6(N)CCN(c7ncnc8[nH]ccc78)CC6)c6ccc(Cl)cc6)CC5)CC4)CC3)cc21. The van der Waals surface area contributed by atoms with Gasteiger partial charge >= 0.3 is 0 Å². The summed E-state index contributed by atoms with van der Waals surface area (Å²) < 4.78 is 8.23. The van der Waals surface area contributed by atoms with E-state index >= 15 is 0 Å². The Hall–Kier alpha value is -6.15. The maximum atomic E-state index is 14.0. The van der Waals surface area contributed by atoms with Gasteiger partial charge in [0.2, 0.25) is 11.8 Å². The molecule has 18 nitrogen and oxygen atoms in total. The fourth-order valence-corrected chi connectivity index (χ4v) is 11.3. The van der Waals surface area contributed by atoms with Crippen LogP contribution in [0.5, 0.6) is 5.75 Å². The number of rotatable bonds is 18. The number of anilines is 1. The fraction of sp³-hybridized carbons (Fsp3) is 0.500. The highest BCUT2D eigenvalue weighted by atomic mass is 35.5. The van der Waals surface area contributed by atoms with Gasteiger partial charge in [-0.3, -0.25) is 24.2 Å². The molecule has 0 bridgehead atoms. The Labute approximate surface area is 445 Å². The van der Waals surface area contributed by atoms with Crippen molar-refractivity contribution in [3.63, 3.8) is 0 Å². The van der Waals surface area contributed by atoms with Crippen LogP contribution in [0.25, 0.3) is 22.1 Å². The number of H-pyrrole nitrogens is 1. The molecular formula is C56H73ClN14O4. The molecular weight excluding hydrogens is 968 g/mol. The van der Waals surface area contributed by atoms with Crippen molar-refractivity contribution in [2.45, 2.75) is 50.2 Å². The van der Waals surface area contributed by atoms with E-state index in [-0.39, 0.29) is 23.8 Å². The highest BCUT2D eigenvalue weighted by Crippen LogP contribution is 2.31. The molecule has 3 aromatic heterocycles. The molecule has 398 valence electrons. The van der Waals surface area contributed by atoms with E-state index in [4.69, 9.17) is 22.1 Å². The molecule has 7 heterocycles. The predicted molar refractivity (Wildman–Crippen MR) is 293 cm³/mol. The number of piperazine rings is 2. The van der Waals surface area contributed by atoms with Crippen molar-refractivity contribution in [1.82, 2.24) is 59.2 Å². The minimum absolute atomic E-state index is 0.0755. The van der Waals surface area contributed by atoms with Crippen molar-refractivity contribution in [2.75, 3.05) is 130 Å². The Kier molecular flexibility index (Phi) is 16.6. The lowest BCUT2D eigenvalue weighted by molar-refractivity contribution is -0.134. The molecule has 0 saturated carbocycles. The van der Waals surface area contributed by atoms with Crippen molar-refractivity contribution in [3.05, 3.63) is 113 Å². The molecule has 0 radical (unpaired) electrons. The summed E-state index contributed by atoms with van der Waals surface area (Å²) in [7, 11) is 4.07. The number of carbonyl (C=O) groups excluding carboxylic acids is 3. The van der Waals surface area contributed by atoms with E-state index in [1.54, 1.807) is 6.33 Å². The van der Waals surface area contributed by atoms with Crippen LogP contribution in [0.4, 0.5) is 5.82 Å². The number of imidazole rings is 1. The van der Waals surface area contributed by atoms with E-state index in [0.29, 0.717) is 81.6 Å². The van der Waals surface area contributed by atoms with Crippen LogP contribution in [0.1, 0.15) is 59.6 Å². The zero-order valence-electron chi connectivity index (χ0n) is 43.6. The summed E-state index contributed by atoms with van der Waals surface area (Å²) in [6.45, 7) is 13.5. The van der Waals surface area contributed by atoms with Crippen LogP contribution in [0, 0.1) is 5.92 Å². The zero-order chi connectivity index (χ0) is 51.9. The van der Waals surface area contributed by atoms with E-state index < -0.39 is 5.54 Å². The monoisotopic (exact) mass is 1040 g/mol. The Morgan fingerprint density at radius 2 is 1.57 bits per heavy atom. The van der Waals surface area contributed by atoms with E-state index in [9.17, 15) is 14.4 Å². The standard InChI is InChI=1S/C56H73ClN14O4/c1-64(2)33-34-75-50-6-4-3-5-44(50)37-71-40-62-48-12-9-43(35-49(48)71)54(73)70-21-14-41(15-22-70)36-66-25-27-67(28-26-66)38-51(72)68-31-29-65(30-32-68)20-16-47(42-7-10-45(57)11-8-42)63-55(74)56(58)17-23-69(24-18-56)53-46-13-19-59-52(46)60-39-61-53/h3-13,19,35,39-41,47H,14-18,20-34,36-38,58H2,1-2H3,(H,63,74)(H,59,60,61)/t47-/m0/s1. The summed E-state index contributed by atoms with van der Waals surface area (Å²) in [6, 6.07) is 23.4. The minimum Gasteiger partial charge on any atom is -0.492 e. The number of nitrogens with two attached hydrogens (primary N) is 1. The van der Waals surface area contributed by atoms with Gasteiger partial charge in [0.1, 0.15) is 30.1 Å². The number of amides is 3. The smallest absolute Gasteiger partial charge is 0.253 e. The van der Waals surface area contributed by atoms with Gasteiger partial charge in [-0.1, -0.05) is 41.9 Å². The fourth-order valence-electron chi connectivity index (χ4n) is 11.2. The van der Waals surface area contributed by atoms with E-state index in [1.807, 2.05) is 103 Å². The van der Waals surface area contributed by atoms with Gasteiger partial charge in [0.05, 0.1) is 47.4 Å². The Balaban J connectivity index is 0.635. The number of hydrogen-bond donors (Lipinski definition) is 3. The molecule has 0 spiro atoms. The Morgan fingerprint density at radius 3 is 2.33 bits per heavy atom. The Bertz CT molecular complexity index is 2880. The molecule has 4 aliphatic heterocycles. The number of nitrogens with one attached hydrogen (secondary N) is 2. The van der Waals surface area contributed by atoms with Gasteiger partial charge in [-0.15, -0.1) is 0 Å². The highest BCUT2D eigenvalue weighted by molar-refractivity contribution is 6.30. The van der Waals surface area contributed by atoms with Crippen LogP contribution < -0.4 is 20.7 Å². The molecule has 3 aromatic carbocycles. The van der Waals surface area contributed by atoms with E-state index in [2.05, 4.69) is 60.4 Å². The summed E-state index contributed by atoms with van der Waals surface area (Å²) in [5, 5.41) is 4.93. The molecule has 4 saturated heterocycles.